The molecular weight excluding hydrogens is 336 g/mol. The molecule has 0 unspecified atom stereocenters. The predicted molar refractivity (Wildman–Crippen MR) is 84.2 cm³/mol. The van der Waals surface area contributed by atoms with Crippen molar-refractivity contribution < 1.29 is 14.3 Å². The highest BCUT2D eigenvalue weighted by Crippen LogP contribution is 2.28. The molecule has 6 heteroatoms. The Bertz CT molecular complexity index is 674. The molecule has 1 N–H and O–H groups in total. The molecule has 0 radical (unpaired) electrons. The average Bonchev–Trinajstić information content (AvgIpc) is 2.50. The van der Waals surface area contributed by atoms with Gasteiger partial charge in [-0.15, -0.1) is 0 Å². The largest absolute Gasteiger partial charge is 0.493 e. The lowest BCUT2D eigenvalue weighted by Crippen LogP contribution is -2.12. The molecule has 0 saturated heterocycles. The number of nitrogens with one attached hydrogen (secondary N) is 1. The van der Waals surface area contributed by atoms with E-state index in [2.05, 4.69) is 26.2 Å². The van der Waals surface area contributed by atoms with Crippen molar-refractivity contribution in [2.45, 2.75) is 6.92 Å². The van der Waals surface area contributed by atoms with Crippen molar-refractivity contribution in [2.24, 2.45) is 0 Å². The fourth-order valence-corrected chi connectivity index (χ4v) is 2.02. The standard InChI is InChI=1S/C15H15BrN2O3/c1-9-6-11(8-17-14(9)16)18-15(19)10-4-5-12(20-2)13(7-10)21-3/h4-8H,1-3H3,(H,18,19). The minimum absolute atomic E-state index is 0.237. The molecule has 0 aliphatic heterocycles. The van der Waals surface area contributed by atoms with Crippen LogP contribution in [0.1, 0.15) is 15.9 Å². The van der Waals surface area contributed by atoms with E-state index in [0.29, 0.717) is 22.7 Å². The van der Waals surface area contributed by atoms with Gasteiger partial charge in [-0.05, 0) is 52.7 Å². The van der Waals surface area contributed by atoms with Gasteiger partial charge in [0.15, 0.2) is 11.5 Å². The molecule has 0 spiro atoms. The molecule has 5 nitrogen and oxygen atoms in total. The molecule has 1 heterocycles. The number of nitrogens with zero attached hydrogens (tertiary/aromatic N) is 1. The average molecular weight is 351 g/mol. The third-order valence-electron chi connectivity index (χ3n) is 2.92. The molecule has 1 aromatic heterocycles. The molecule has 0 fully saturated rings. The third-order valence-corrected chi connectivity index (χ3v) is 3.75. The highest BCUT2D eigenvalue weighted by atomic mass is 79.9. The van der Waals surface area contributed by atoms with Gasteiger partial charge >= 0.3 is 0 Å². The monoisotopic (exact) mass is 350 g/mol. The van der Waals surface area contributed by atoms with E-state index >= 15 is 0 Å². The number of aryl methyl sites for hydroxylation is 1. The zero-order valence-corrected chi connectivity index (χ0v) is 13.5. The Morgan fingerprint density at radius 3 is 2.52 bits per heavy atom. The number of carbonyl (C=O) groups is 1. The number of hydrogen-bond donors (Lipinski definition) is 1. The third kappa shape index (κ3) is 3.52. The number of ether oxygens (including phenoxy) is 2. The summed E-state index contributed by atoms with van der Waals surface area (Å²) < 4.78 is 11.1. The fourth-order valence-electron chi connectivity index (χ4n) is 1.81. The van der Waals surface area contributed by atoms with E-state index in [4.69, 9.17) is 9.47 Å². The van der Waals surface area contributed by atoms with Crippen molar-refractivity contribution >= 4 is 27.5 Å². The van der Waals surface area contributed by atoms with E-state index in [9.17, 15) is 4.79 Å². The van der Waals surface area contributed by atoms with Crippen LogP contribution in [0, 0.1) is 6.92 Å². The Hall–Kier alpha value is -2.08. The van der Waals surface area contributed by atoms with Gasteiger partial charge in [0.25, 0.3) is 5.91 Å². The van der Waals surface area contributed by atoms with Gasteiger partial charge in [0.05, 0.1) is 26.1 Å². The minimum atomic E-state index is -0.237. The lowest BCUT2D eigenvalue weighted by atomic mass is 10.2. The Labute approximate surface area is 131 Å². The maximum atomic E-state index is 12.2. The number of halogens is 1. The second-order valence-corrected chi connectivity index (χ2v) is 5.11. The van der Waals surface area contributed by atoms with Crippen molar-refractivity contribution in [3.63, 3.8) is 0 Å². The zero-order chi connectivity index (χ0) is 15.4. The summed E-state index contributed by atoms with van der Waals surface area (Å²) in [6.45, 7) is 1.91. The molecule has 21 heavy (non-hydrogen) atoms. The van der Waals surface area contributed by atoms with E-state index in [0.717, 1.165) is 10.2 Å². The van der Waals surface area contributed by atoms with Crippen LogP contribution in [0.5, 0.6) is 11.5 Å². The lowest BCUT2D eigenvalue weighted by Gasteiger charge is -2.10. The van der Waals surface area contributed by atoms with Crippen molar-refractivity contribution in [2.75, 3.05) is 19.5 Å². The van der Waals surface area contributed by atoms with E-state index in [1.54, 1.807) is 31.5 Å². The predicted octanol–water partition coefficient (Wildman–Crippen LogP) is 3.42. The Morgan fingerprint density at radius 1 is 1.19 bits per heavy atom. The van der Waals surface area contributed by atoms with Crippen LogP contribution < -0.4 is 14.8 Å². The summed E-state index contributed by atoms with van der Waals surface area (Å²) in [5.74, 6) is 0.852. The van der Waals surface area contributed by atoms with Crippen LogP contribution in [0.2, 0.25) is 0 Å². The first-order chi connectivity index (χ1) is 10.0. The molecular formula is C15H15BrN2O3. The summed E-state index contributed by atoms with van der Waals surface area (Å²) in [5.41, 5.74) is 2.06. The zero-order valence-electron chi connectivity index (χ0n) is 11.9. The Morgan fingerprint density at radius 2 is 1.90 bits per heavy atom. The molecule has 1 amide bonds. The first-order valence-corrected chi connectivity index (χ1v) is 7.00. The van der Waals surface area contributed by atoms with Gasteiger partial charge in [-0.1, -0.05) is 0 Å². The topological polar surface area (TPSA) is 60.5 Å². The number of benzene rings is 1. The number of anilines is 1. The Kier molecular flexibility index (Phi) is 4.80. The number of carbonyl (C=O) groups excluding carboxylic acids is 1. The number of hydrogen-bond acceptors (Lipinski definition) is 4. The van der Waals surface area contributed by atoms with Crippen LogP contribution in [0.4, 0.5) is 5.69 Å². The van der Waals surface area contributed by atoms with E-state index in [1.165, 1.54) is 7.11 Å². The van der Waals surface area contributed by atoms with Gasteiger partial charge in [0, 0.05) is 5.56 Å². The number of rotatable bonds is 4. The molecule has 0 atom stereocenters. The quantitative estimate of drug-likeness (QED) is 0.858. The van der Waals surface area contributed by atoms with Gasteiger partial charge in [0.1, 0.15) is 4.60 Å². The maximum Gasteiger partial charge on any atom is 0.255 e. The number of pyridine rings is 1. The van der Waals surface area contributed by atoms with Gasteiger partial charge in [-0.25, -0.2) is 4.98 Å². The molecule has 0 aliphatic rings. The van der Waals surface area contributed by atoms with Crippen molar-refractivity contribution in [1.29, 1.82) is 0 Å². The number of aromatic nitrogens is 1. The molecule has 0 bridgehead atoms. The van der Waals surface area contributed by atoms with Crippen LogP contribution in [0.3, 0.4) is 0 Å². The summed E-state index contributed by atoms with van der Waals surface area (Å²) in [7, 11) is 3.08. The fraction of sp³-hybridized carbons (Fsp3) is 0.200. The molecule has 1 aromatic carbocycles. The first-order valence-electron chi connectivity index (χ1n) is 6.20. The van der Waals surface area contributed by atoms with Crippen LogP contribution in [0.15, 0.2) is 35.1 Å². The molecule has 0 saturated carbocycles. The van der Waals surface area contributed by atoms with Gasteiger partial charge < -0.3 is 14.8 Å². The van der Waals surface area contributed by atoms with Crippen molar-refractivity contribution in [1.82, 2.24) is 4.98 Å². The smallest absolute Gasteiger partial charge is 0.255 e. The van der Waals surface area contributed by atoms with Crippen molar-refractivity contribution in [3.05, 3.63) is 46.2 Å². The first kappa shape index (κ1) is 15.3. The second-order valence-electron chi connectivity index (χ2n) is 4.36. The minimum Gasteiger partial charge on any atom is -0.493 e. The summed E-state index contributed by atoms with van der Waals surface area (Å²) in [5, 5.41) is 2.80. The highest BCUT2D eigenvalue weighted by Gasteiger charge is 2.11. The van der Waals surface area contributed by atoms with Crippen LogP contribution in [-0.4, -0.2) is 25.1 Å². The molecule has 2 aromatic rings. The van der Waals surface area contributed by atoms with E-state index in [1.807, 2.05) is 13.0 Å². The number of amides is 1. The highest BCUT2D eigenvalue weighted by molar-refractivity contribution is 9.10. The Balaban J connectivity index is 2.21. The van der Waals surface area contributed by atoms with Crippen LogP contribution in [-0.2, 0) is 0 Å². The molecule has 0 aliphatic carbocycles. The molecule has 110 valence electrons. The summed E-state index contributed by atoms with van der Waals surface area (Å²) in [4.78, 5) is 16.4. The summed E-state index contributed by atoms with van der Waals surface area (Å²) in [6.07, 6.45) is 1.59. The normalized spacial score (nSPS) is 10.1. The second kappa shape index (κ2) is 6.58. The van der Waals surface area contributed by atoms with Gasteiger partial charge in [0.2, 0.25) is 0 Å². The summed E-state index contributed by atoms with van der Waals surface area (Å²) >= 11 is 3.32. The van der Waals surface area contributed by atoms with E-state index < -0.39 is 0 Å². The van der Waals surface area contributed by atoms with E-state index in [-0.39, 0.29) is 5.91 Å². The van der Waals surface area contributed by atoms with Crippen molar-refractivity contribution in [3.8, 4) is 11.5 Å². The van der Waals surface area contributed by atoms with Crippen LogP contribution in [0.25, 0.3) is 0 Å². The number of methoxy groups -OCH3 is 2. The summed E-state index contributed by atoms with van der Waals surface area (Å²) in [6, 6.07) is 6.84. The SMILES string of the molecule is COc1ccc(C(=O)Nc2cnc(Br)c(C)c2)cc1OC. The van der Waals surface area contributed by atoms with Gasteiger partial charge in [-0.3, -0.25) is 4.79 Å². The molecule has 2 rings (SSSR count). The lowest BCUT2D eigenvalue weighted by molar-refractivity contribution is 0.102. The maximum absolute atomic E-state index is 12.2. The van der Waals surface area contributed by atoms with Gasteiger partial charge in [-0.2, -0.15) is 0 Å². The van der Waals surface area contributed by atoms with Crippen LogP contribution >= 0.6 is 15.9 Å².